The van der Waals surface area contributed by atoms with E-state index in [4.69, 9.17) is 25.1 Å². The Balaban J connectivity index is 3.54. The maximum atomic E-state index is 11.7. The van der Waals surface area contributed by atoms with E-state index < -0.39 is 17.9 Å². The Morgan fingerprint density at radius 2 is 1.48 bits per heavy atom. The number of nitrogens with one attached hydrogen (secondary N) is 2. The Morgan fingerprint density at radius 3 is 2.07 bits per heavy atom. The zero-order valence-electron chi connectivity index (χ0n) is 16.7. The molecule has 0 spiro atoms. The molecule has 0 rings (SSSR count). The van der Waals surface area contributed by atoms with Gasteiger partial charge in [-0.3, -0.25) is 14.4 Å². The summed E-state index contributed by atoms with van der Waals surface area (Å²) in [4.78, 5) is 44.7. The lowest BCUT2D eigenvalue weighted by Gasteiger charge is -2.11. The Bertz CT molecular complexity index is 476. The predicted molar refractivity (Wildman–Crippen MR) is 103 cm³/mol. The topological polar surface area (TPSA) is 166 Å². The molecule has 0 aliphatic heterocycles. The molecule has 0 aliphatic carbocycles. The lowest BCUT2D eigenvalue weighted by Crippen LogP contribution is -2.36. The molecule has 29 heavy (non-hydrogen) atoms. The van der Waals surface area contributed by atoms with Crippen LogP contribution in [0.3, 0.4) is 0 Å². The van der Waals surface area contributed by atoms with Crippen LogP contribution in [-0.2, 0) is 33.4 Å². The highest BCUT2D eigenvalue weighted by Crippen LogP contribution is 1.99. The first kappa shape index (κ1) is 26.9. The number of carbonyl (C=O) groups excluding carboxylic acids is 3. The van der Waals surface area contributed by atoms with Crippen LogP contribution in [-0.4, -0.2) is 87.9 Å². The largest absolute Gasteiger partial charge is 0.481 e. The lowest BCUT2D eigenvalue weighted by atomic mass is 10.1. The van der Waals surface area contributed by atoms with Crippen LogP contribution in [0.25, 0.3) is 0 Å². The van der Waals surface area contributed by atoms with Gasteiger partial charge in [-0.25, -0.2) is 0 Å². The van der Waals surface area contributed by atoms with Crippen LogP contribution in [0.2, 0.25) is 0 Å². The van der Waals surface area contributed by atoms with Gasteiger partial charge in [0.15, 0.2) is 0 Å². The van der Waals surface area contributed by atoms with Crippen molar-refractivity contribution in [3.8, 4) is 0 Å². The molecule has 168 valence electrons. The summed E-state index contributed by atoms with van der Waals surface area (Å²) in [5.74, 6) is -1.63. The molecule has 0 aliphatic rings. The van der Waals surface area contributed by atoms with E-state index in [1.54, 1.807) is 0 Å². The minimum absolute atomic E-state index is 0.0398. The van der Waals surface area contributed by atoms with Crippen molar-refractivity contribution in [1.29, 1.82) is 0 Å². The first-order chi connectivity index (χ1) is 14.0. The molecule has 0 aromatic heterocycles. The average Bonchev–Trinajstić information content (AvgIpc) is 2.69. The number of aliphatic carboxylic acids is 1. The Morgan fingerprint density at radius 1 is 0.897 bits per heavy atom. The summed E-state index contributed by atoms with van der Waals surface area (Å²) in [6.45, 7) is 3.50. The minimum atomic E-state index is -1.03. The fourth-order valence-electron chi connectivity index (χ4n) is 2.12. The quantitative estimate of drug-likeness (QED) is 0.140. The second-order valence-corrected chi connectivity index (χ2v) is 6.07. The second-order valence-electron chi connectivity index (χ2n) is 6.07. The van der Waals surface area contributed by atoms with Gasteiger partial charge in [-0.15, -0.1) is 0 Å². The maximum Gasteiger partial charge on any atom is 0.303 e. The Hall–Kier alpha value is -2.08. The van der Waals surface area contributed by atoms with E-state index in [0.717, 1.165) is 0 Å². The first-order valence-corrected chi connectivity index (χ1v) is 9.66. The van der Waals surface area contributed by atoms with Crippen LogP contribution in [0.1, 0.15) is 32.1 Å². The molecule has 0 fully saturated rings. The van der Waals surface area contributed by atoms with Crippen molar-refractivity contribution < 1.29 is 38.5 Å². The van der Waals surface area contributed by atoms with Crippen LogP contribution in [0.5, 0.6) is 0 Å². The molecule has 0 saturated carbocycles. The van der Waals surface area contributed by atoms with Gasteiger partial charge in [0, 0.05) is 32.4 Å². The standard InChI is InChI=1S/C18H33N3O8/c19-6-8-27-10-12-29-13-11-28-9-7-20-16(23)2-1-3-17(24)21-15(14-22)4-5-18(25)26/h14-15H,1-13,19H2,(H,20,23)(H,21,24)(H,25,26)/t15-/m0/s1. The molecule has 0 saturated heterocycles. The number of hydrogen-bond acceptors (Lipinski definition) is 8. The zero-order chi connectivity index (χ0) is 21.7. The van der Waals surface area contributed by atoms with E-state index in [-0.39, 0.29) is 31.6 Å². The van der Waals surface area contributed by atoms with Gasteiger partial charge in [0.1, 0.15) is 6.29 Å². The summed E-state index contributed by atoms with van der Waals surface area (Å²) >= 11 is 0. The van der Waals surface area contributed by atoms with E-state index in [9.17, 15) is 19.2 Å². The van der Waals surface area contributed by atoms with E-state index in [1.165, 1.54) is 0 Å². The molecular weight excluding hydrogens is 386 g/mol. The molecule has 11 heteroatoms. The van der Waals surface area contributed by atoms with E-state index >= 15 is 0 Å². The number of nitrogens with two attached hydrogens (primary N) is 1. The van der Waals surface area contributed by atoms with Gasteiger partial charge in [-0.2, -0.15) is 0 Å². The number of hydrogen-bond donors (Lipinski definition) is 4. The summed E-state index contributed by atoms with van der Waals surface area (Å²) < 4.78 is 15.7. The molecule has 0 unspecified atom stereocenters. The highest BCUT2D eigenvalue weighted by molar-refractivity contribution is 5.81. The van der Waals surface area contributed by atoms with E-state index in [2.05, 4.69) is 10.6 Å². The minimum Gasteiger partial charge on any atom is -0.481 e. The normalized spacial score (nSPS) is 11.6. The fourth-order valence-corrected chi connectivity index (χ4v) is 2.12. The average molecular weight is 419 g/mol. The van der Waals surface area contributed by atoms with Gasteiger partial charge < -0.3 is 40.5 Å². The smallest absolute Gasteiger partial charge is 0.303 e. The molecule has 1 atom stereocenters. The highest BCUT2D eigenvalue weighted by atomic mass is 16.5. The molecule has 0 radical (unpaired) electrons. The first-order valence-electron chi connectivity index (χ1n) is 9.66. The van der Waals surface area contributed by atoms with E-state index in [0.29, 0.717) is 65.4 Å². The summed E-state index contributed by atoms with van der Waals surface area (Å²) in [6.07, 6.45) is 0.910. The van der Waals surface area contributed by atoms with Crippen molar-refractivity contribution in [2.45, 2.75) is 38.1 Å². The molecule has 0 bridgehead atoms. The zero-order valence-corrected chi connectivity index (χ0v) is 16.7. The lowest BCUT2D eigenvalue weighted by molar-refractivity contribution is -0.137. The number of carboxylic acid groups (broad SMARTS) is 1. The number of rotatable bonds is 20. The van der Waals surface area contributed by atoms with Gasteiger partial charge >= 0.3 is 5.97 Å². The molecule has 0 heterocycles. The van der Waals surface area contributed by atoms with Crippen molar-refractivity contribution in [3.63, 3.8) is 0 Å². The fraction of sp³-hybridized carbons (Fsp3) is 0.778. The third-order valence-corrected chi connectivity index (χ3v) is 3.56. The van der Waals surface area contributed by atoms with E-state index in [1.807, 2.05) is 0 Å². The van der Waals surface area contributed by atoms with Crippen molar-refractivity contribution in [1.82, 2.24) is 10.6 Å². The van der Waals surface area contributed by atoms with Gasteiger partial charge in [0.05, 0.1) is 45.7 Å². The molecule has 5 N–H and O–H groups in total. The SMILES string of the molecule is NCCOCCOCCOCCNC(=O)CCCC(=O)N[C@H](C=O)CCC(=O)O. The number of amides is 2. The third kappa shape index (κ3) is 19.0. The van der Waals surface area contributed by atoms with Crippen molar-refractivity contribution in [3.05, 3.63) is 0 Å². The maximum absolute atomic E-state index is 11.7. The molecule has 2 amide bonds. The molecule has 11 nitrogen and oxygen atoms in total. The predicted octanol–water partition coefficient (Wildman–Crippen LogP) is -1.17. The van der Waals surface area contributed by atoms with Gasteiger partial charge in [-0.1, -0.05) is 0 Å². The van der Waals surface area contributed by atoms with Crippen LogP contribution in [0.15, 0.2) is 0 Å². The van der Waals surface area contributed by atoms with Gasteiger partial charge in [0.2, 0.25) is 11.8 Å². The Kier molecular flexibility index (Phi) is 17.9. The van der Waals surface area contributed by atoms with Crippen LogP contribution in [0, 0.1) is 0 Å². The van der Waals surface area contributed by atoms with Gasteiger partial charge in [-0.05, 0) is 12.8 Å². The summed E-state index contributed by atoms with van der Waals surface area (Å²) in [5.41, 5.74) is 5.28. The monoisotopic (exact) mass is 419 g/mol. The van der Waals surface area contributed by atoms with Crippen LogP contribution < -0.4 is 16.4 Å². The molecular formula is C18H33N3O8. The number of ether oxygens (including phenoxy) is 3. The van der Waals surface area contributed by atoms with Crippen molar-refractivity contribution >= 4 is 24.1 Å². The molecule has 0 aromatic carbocycles. The third-order valence-electron chi connectivity index (χ3n) is 3.56. The van der Waals surface area contributed by atoms with Crippen LogP contribution >= 0.6 is 0 Å². The van der Waals surface area contributed by atoms with Crippen LogP contribution in [0.4, 0.5) is 0 Å². The summed E-state index contributed by atoms with van der Waals surface area (Å²) in [5, 5.41) is 13.7. The summed E-state index contributed by atoms with van der Waals surface area (Å²) in [6, 6.07) is -0.827. The highest BCUT2D eigenvalue weighted by Gasteiger charge is 2.13. The summed E-state index contributed by atoms with van der Waals surface area (Å²) in [7, 11) is 0. The number of carbonyl (C=O) groups is 4. The number of aldehydes is 1. The number of carboxylic acids is 1. The second kappa shape index (κ2) is 19.2. The van der Waals surface area contributed by atoms with Crippen molar-refractivity contribution in [2.24, 2.45) is 5.73 Å². The molecule has 0 aromatic rings. The Labute approximate surface area is 170 Å². The van der Waals surface area contributed by atoms with Gasteiger partial charge in [0.25, 0.3) is 0 Å². The van der Waals surface area contributed by atoms with Crippen molar-refractivity contribution in [2.75, 3.05) is 52.7 Å².